The van der Waals surface area contributed by atoms with Crippen molar-refractivity contribution in [1.82, 2.24) is 20.4 Å². The van der Waals surface area contributed by atoms with Gasteiger partial charge in [0.05, 0.1) is 5.41 Å². The summed E-state index contributed by atoms with van der Waals surface area (Å²) in [5, 5.41) is 14.6. The van der Waals surface area contributed by atoms with Crippen LogP contribution in [0, 0.1) is 17.2 Å². The van der Waals surface area contributed by atoms with Crippen molar-refractivity contribution in [2.24, 2.45) is 11.3 Å². The smallest absolute Gasteiger partial charge is 0.405 e. The molecule has 3 aliphatic heterocycles. The third-order valence-electron chi connectivity index (χ3n) is 8.06. The predicted octanol–water partition coefficient (Wildman–Crippen LogP) is 2.13. The van der Waals surface area contributed by atoms with Gasteiger partial charge in [0, 0.05) is 57.5 Å². The maximum Gasteiger partial charge on any atom is 0.405 e. The molecule has 3 aliphatic rings. The number of benzene rings is 1. The fraction of sp³-hybridized carbons (Fsp3) is 0.654. The highest BCUT2D eigenvalue weighted by molar-refractivity contribution is 5.87. The molecule has 0 aliphatic carbocycles. The van der Waals surface area contributed by atoms with E-state index in [0.29, 0.717) is 25.9 Å². The van der Waals surface area contributed by atoms with Crippen LogP contribution in [0.1, 0.15) is 39.5 Å². The van der Waals surface area contributed by atoms with Crippen LogP contribution in [0.4, 0.5) is 14.9 Å². The fourth-order valence-corrected chi connectivity index (χ4v) is 5.78. The maximum atomic E-state index is 13.2. The molecule has 9 nitrogen and oxygen atoms in total. The highest BCUT2D eigenvalue weighted by Crippen LogP contribution is 2.41. The van der Waals surface area contributed by atoms with E-state index in [1.54, 1.807) is 4.90 Å². The first-order valence-corrected chi connectivity index (χ1v) is 13.0. The summed E-state index contributed by atoms with van der Waals surface area (Å²) in [6.07, 6.45) is 1.69. The van der Waals surface area contributed by atoms with Crippen molar-refractivity contribution in [3.8, 4) is 0 Å². The fourth-order valence-electron chi connectivity index (χ4n) is 5.78. The molecule has 1 spiro atoms. The number of anilines is 1. The standard InChI is InChI=1S/C26H38FN5O4/c1-18(2)22(29-25(35)36)23(33)32-11-8-26(9-12-32)17-20(28-24(26)34)7-10-30-13-15-31(16-14-30)21-5-3-19(27)4-6-21/h3-6,18,20,22,29H,7-17H2,1-2H3,(H,28,34)(H,35,36)/t20-,22-/m0/s1. The van der Waals surface area contributed by atoms with Gasteiger partial charge in [-0.25, -0.2) is 9.18 Å². The van der Waals surface area contributed by atoms with Gasteiger partial charge in [-0.3, -0.25) is 14.5 Å². The Kier molecular flexibility index (Phi) is 8.02. The Hall–Kier alpha value is -2.88. The lowest BCUT2D eigenvalue weighted by Gasteiger charge is -2.39. The summed E-state index contributed by atoms with van der Waals surface area (Å²) >= 11 is 0. The molecule has 4 rings (SSSR count). The molecule has 3 fully saturated rings. The van der Waals surface area contributed by atoms with Crippen molar-refractivity contribution in [2.75, 3.05) is 50.7 Å². The van der Waals surface area contributed by atoms with Gasteiger partial charge in [0.25, 0.3) is 0 Å². The summed E-state index contributed by atoms with van der Waals surface area (Å²) in [5.74, 6) is -0.496. The van der Waals surface area contributed by atoms with Crippen LogP contribution in [-0.4, -0.2) is 90.7 Å². The zero-order chi connectivity index (χ0) is 25.9. The molecule has 0 radical (unpaired) electrons. The molecule has 2 atom stereocenters. The second-order valence-corrected chi connectivity index (χ2v) is 10.7. The van der Waals surface area contributed by atoms with E-state index in [0.717, 1.165) is 51.3 Å². The van der Waals surface area contributed by atoms with Crippen LogP contribution in [0.5, 0.6) is 0 Å². The Morgan fingerprint density at radius 1 is 1.11 bits per heavy atom. The number of piperazine rings is 1. The summed E-state index contributed by atoms with van der Waals surface area (Å²) in [6, 6.07) is 6.00. The molecular weight excluding hydrogens is 465 g/mol. The van der Waals surface area contributed by atoms with Gasteiger partial charge < -0.3 is 25.5 Å². The van der Waals surface area contributed by atoms with Crippen LogP contribution in [0.2, 0.25) is 0 Å². The molecule has 0 saturated carbocycles. The van der Waals surface area contributed by atoms with Gasteiger partial charge >= 0.3 is 6.09 Å². The minimum Gasteiger partial charge on any atom is -0.465 e. The number of halogens is 1. The quantitative estimate of drug-likeness (QED) is 0.527. The first-order valence-electron chi connectivity index (χ1n) is 13.0. The van der Waals surface area contributed by atoms with Gasteiger partial charge in [-0.1, -0.05) is 13.8 Å². The van der Waals surface area contributed by atoms with Gasteiger partial charge in [0.15, 0.2) is 0 Å². The van der Waals surface area contributed by atoms with E-state index in [4.69, 9.17) is 5.11 Å². The summed E-state index contributed by atoms with van der Waals surface area (Å²) in [5.41, 5.74) is 0.611. The zero-order valence-electron chi connectivity index (χ0n) is 21.2. The lowest BCUT2D eigenvalue weighted by molar-refractivity contribution is -0.140. The molecule has 0 aromatic heterocycles. The van der Waals surface area contributed by atoms with E-state index in [-0.39, 0.29) is 29.6 Å². The zero-order valence-corrected chi connectivity index (χ0v) is 21.2. The van der Waals surface area contributed by atoms with Crippen LogP contribution in [0.3, 0.4) is 0 Å². The number of nitrogens with zero attached hydrogens (tertiary/aromatic N) is 3. The normalized spacial score (nSPS) is 23.1. The summed E-state index contributed by atoms with van der Waals surface area (Å²) in [7, 11) is 0. The minimum absolute atomic E-state index is 0.0878. The summed E-state index contributed by atoms with van der Waals surface area (Å²) in [6.45, 7) is 9.14. The Balaban J connectivity index is 1.22. The summed E-state index contributed by atoms with van der Waals surface area (Å²) < 4.78 is 13.2. The molecule has 0 bridgehead atoms. The van der Waals surface area contributed by atoms with Crippen molar-refractivity contribution < 1.29 is 23.9 Å². The molecule has 36 heavy (non-hydrogen) atoms. The van der Waals surface area contributed by atoms with E-state index in [1.165, 1.54) is 12.1 Å². The molecule has 1 aromatic rings. The number of rotatable bonds is 7. The predicted molar refractivity (Wildman–Crippen MR) is 134 cm³/mol. The Morgan fingerprint density at radius 3 is 2.33 bits per heavy atom. The van der Waals surface area contributed by atoms with E-state index >= 15 is 0 Å². The summed E-state index contributed by atoms with van der Waals surface area (Å²) in [4.78, 5) is 43.3. The van der Waals surface area contributed by atoms with Crippen LogP contribution in [-0.2, 0) is 9.59 Å². The molecule has 3 amide bonds. The Morgan fingerprint density at radius 2 is 1.75 bits per heavy atom. The van der Waals surface area contributed by atoms with Crippen LogP contribution in [0.15, 0.2) is 24.3 Å². The van der Waals surface area contributed by atoms with Crippen LogP contribution < -0.4 is 15.5 Å². The van der Waals surface area contributed by atoms with Gasteiger partial charge in [-0.15, -0.1) is 0 Å². The Labute approximate surface area is 212 Å². The van der Waals surface area contributed by atoms with Gasteiger partial charge in [-0.2, -0.15) is 0 Å². The second-order valence-electron chi connectivity index (χ2n) is 10.7. The third-order valence-corrected chi connectivity index (χ3v) is 8.06. The number of nitrogens with one attached hydrogen (secondary N) is 2. The average Bonchev–Trinajstić information content (AvgIpc) is 3.16. The van der Waals surface area contributed by atoms with E-state index in [2.05, 4.69) is 20.4 Å². The minimum atomic E-state index is -1.20. The van der Waals surface area contributed by atoms with Crippen molar-refractivity contribution in [3.63, 3.8) is 0 Å². The van der Waals surface area contributed by atoms with Crippen molar-refractivity contribution in [2.45, 2.75) is 51.6 Å². The second kappa shape index (κ2) is 11.0. The number of piperidine rings is 1. The SMILES string of the molecule is CC(C)[C@H](NC(=O)O)C(=O)N1CCC2(CC1)C[C@H](CCN1CCN(c3ccc(F)cc3)CC1)NC2=O. The van der Waals surface area contributed by atoms with E-state index in [9.17, 15) is 18.8 Å². The molecule has 0 unspecified atom stereocenters. The Bertz CT molecular complexity index is 940. The molecule has 3 N–H and O–H groups in total. The van der Waals surface area contributed by atoms with Crippen molar-refractivity contribution in [1.29, 1.82) is 0 Å². The van der Waals surface area contributed by atoms with Crippen molar-refractivity contribution in [3.05, 3.63) is 30.1 Å². The molecule has 3 saturated heterocycles. The lowest BCUT2D eigenvalue weighted by Crippen LogP contribution is -2.54. The highest BCUT2D eigenvalue weighted by Gasteiger charge is 2.49. The maximum absolute atomic E-state index is 13.2. The number of likely N-dealkylation sites (tertiary alicyclic amines) is 1. The first-order chi connectivity index (χ1) is 17.2. The number of carbonyl (C=O) groups is 3. The number of carboxylic acid groups (broad SMARTS) is 1. The van der Waals surface area contributed by atoms with Gasteiger partial charge in [-0.05, 0) is 55.9 Å². The number of carbonyl (C=O) groups excluding carboxylic acids is 2. The number of hydrogen-bond donors (Lipinski definition) is 3. The van der Waals surface area contributed by atoms with Gasteiger partial charge in [0.2, 0.25) is 11.8 Å². The molecule has 10 heteroatoms. The lowest BCUT2D eigenvalue weighted by atomic mass is 9.75. The highest BCUT2D eigenvalue weighted by atomic mass is 19.1. The molecule has 198 valence electrons. The third kappa shape index (κ3) is 5.91. The number of hydrogen-bond acceptors (Lipinski definition) is 5. The van der Waals surface area contributed by atoms with Crippen molar-refractivity contribution >= 4 is 23.6 Å². The molecule has 3 heterocycles. The largest absolute Gasteiger partial charge is 0.465 e. The van der Waals surface area contributed by atoms with E-state index < -0.39 is 17.6 Å². The van der Waals surface area contributed by atoms with Crippen LogP contribution >= 0.6 is 0 Å². The number of amides is 3. The molecular formula is C26H38FN5O4. The topological polar surface area (TPSA) is 105 Å². The monoisotopic (exact) mass is 503 g/mol. The van der Waals surface area contributed by atoms with Gasteiger partial charge in [0.1, 0.15) is 11.9 Å². The van der Waals surface area contributed by atoms with Crippen LogP contribution in [0.25, 0.3) is 0 Å². The first kappa shape index (κ1) is 26.2. The van der Waals surface area contributed by atoms with E-state index in [1.807, 2.05) is 26.0 Å². The average molecular weight is 504 g/mol. The molecule has 1 aromatic carbocycles.